The van der Waals surface area contributed by atoms with Crippen molar-refractivity contribution in [2.45, 2.75) is 24.9 Å². The second-order valence-electron chi connectivity index (χ2n) is 7.41. The van der Waals surface area contributed by atoms with Gasteiger partial charge in [0.25, 0.3) is 11.5 Å². The Morgan fingerprint density at radius 1 is 1.26 bits per heavy atom. The summed E-state index contributed by atoms with van der Waals surface area (Å²) in [6, 6.07) is 4.08. The molecule has 0 fully saturated rings. The summed E-state index contributed by atoms with van der Waals surface area (Å²) < 4.78 is 0. The fourth-order valence-corrected chi connectivity index (χ4v) is 3.38. The molecule has 2 amide bonds. The predicted octanol–water partition coefficient (Wildman–Crippen LogP) is -3.78. The zero-order chi connectivity index (χ0) is 24.8. The van der Waals surface area contributed by atoms with Gasteiger partial charge in [0.15, 0.2) is 11.5 Å². The number of H-pyrrole nitrogens is 1. The number of aromatic amines is 1. The summed E-state index contributed by atoms with van der Waals surface area (Å²) in [5.41, 5.74) is 5.75. The normalized spacial score (nSPS) is 15.0. The molecule has 180 valence electrons. The molecule has 14 nitrogen and oxygen atoms in total. The fourth-order valence-electron chi connectivity index (χ4n) is 3.38. The number of aromatic nitrogens is 2. The molecular formula is C20H21CaN7O7. The van der Waals surface area contributed by atoms with E-state index in [0.29, 0.717) is 18.6 Å². The number of nitrogen functional groups attached to an aromatic ring is 1. The number of carboxylic acid groups (broad SMARTS) is 2. The number of nitrogens with two attached hydrogens (primary N) is 1. The van der Waals surface area contributed by atoms with Gasteiger partial charge in [0, 0.05) is 30.3 Å². The van der Waals surface area contributed by atoms with Gasteiger partial charge in [-0.1, -0.05) is 0 Å². The van der Waals surface area contributed by atoms with Gasteiger partial charge in [0.1, 0.15) is 0 Å². The molecule has 6 N–H and O–H groups in total. The van der Waals surface area contributed by atoms with Gasteiger partial charge in [0.2, 0.25) is 12.4 Å². The van der Waals surface area contributed by atoms with E-state index in [1.807, 2.05) is 0 Å². The minimum absolute atomic E-state index is 0. The first kappa shape index (κ1) is 27.9. The monoisotopic (exact) mass is 511 g/mol. The Kier molecular flexibility index (Phi) is 9.86. The van der Waals surface area contributed by atoms with Gasteiger partial charge < -0.3 is 46.4 Å². The van der Waals surface area contributed by atoms with Crippen LogP contribution in [0.3, 0.4) is 0 Å². The SMILES string of the molecule is Nc1nc2c(c(=O)[nH]1)N(C=O)C(CNc1ccc(C(=O)N[C@H](CCC(=O)[O-])C(=O)[O-])cc1)CN2.[Ca+2]. The van der Waals surface area contributed by atoms with Crippen LogP contribution in [0, 0.1) is 0 Å². The van der Waals surface area contributed by atoms with Crippen LogP contribution in [0.1, 0.15) is 23.2 Å². The minimum atomic E-state index is -1.60. The molecule has 0 radical (unpaired) electrons. The molecule has 2 aromatic rings. The topological polar surface area (TPSA) is 225 Å². The molecule has 1 aromatic heterocycles. The summed E-state index contributed by atoms with van der Waals surface area (Å²) in [7, 11) is 0. The third-order valence-corrected chi connectivity index (χ3v) is 5.10. The van der Waals surface area contributed by atoms with Crippen molar-refractivity contribution in [2.24, 2.45) is 0 Å². The number of amides is 2. The summed E-state index contributed by atoms with van der Waals surface area (Å²) in [5.74, 6) is -3.63. The van der Waals surface area contributed by atoms with Crippen LogP contribution in [0.15, 0.2) is 29.1 Å². The number of nitrogens with one attached hydrogen (secondary N) is 4. The van der Waals surface area contributed by atoms with Crippen LogP contribution >= 0.6 is 0 Å². The van der Waals surface area contributed by atoms with E-state index >= 15 is 0 Å². The number of nitrogens with zero attached hydrogens (tertiary/aromatic N) is 2. The summed E-state index contributed by atoms with van der Waals surface area (Å²) in [4.78, 5) is 65.4. The zero-order valence-corrected chi connectivity index (χ0v) is 20.6. The molecule has 1 aliphatic heterocycles. The summed E-state index contributed by atoms with van der Waals surface area (Å²) in [6.07, 6.45) is -0.386. The summed E-state index contributed by atoms with van der Waals surface area (Å²) in [5, 5.41) is 29.9. The van der Waals surface area contributed by atoms with Crippen LogP contribution in [-0.4, -0.2) is 97.1 Å². The number of rotatable bonds is 10. The van der Waals surface area contributed by atoms with Gasteiger partial charge >= 0.3 is 37.7 Å². The van der Waals surface area contributed by atoms with Gasteiger partial charge in [-0.3, -0.25) is 19.4 Å². The van der Waals surface area contributed by atoms with Crippen molar-refractivity contribution >= 4 is 85.1 Å². The second-order valence-corrected chi connectivity index (χ2v) is 7.41. The molecule has 1 aliphatic rings. The van der Waals surface area contributed by atoms with Crippen LogP contribution in [0.5, 0.6) is 0 Å². The number of hydrogen-bond acceptors (Lipinski definition) is 11. The smallest absolute Gasteiger partial charge is 0.550 e. The van der Waals surface area contributed by atoms with Crippen molar-refractivity contribution in [1.29, 1.82) is 0 Å². The molecule has 15 heteroatoms. The molecule has 0 aliphatic carbocycles. The van der Waals surface area contributed by atoms with Gasteiger partial charge in [-0.25, -0.2) is 0 Å². The summed E-state index contributed by atoms with van der Waals surface area (Å²) in [6.45, 7) is 0.544. The molecular weight excluding hydrogens is 490 g/mol. The number of hydrogen-bond donors (Lipinski definition) is 5. The van der Waals surface area contributed by atoms with Crippen LogP contribution in [0.2, 0.25) is 0 Å². The molecule has 35 heavy (non-hydrogen) atoms. The third kappa shape index (κ3) is 7.07. The van der Waals surface area contributed by atoms with Crippen molar-refractivity contribution < 1.29 is 29.4 Å². The Labute approximate surface area is 228 Å². The summed E-state index contributed by atoms with van der Waals surface area (Å²) >= 11 is 0. The molecule has 2 heterocycles. The molecule has 0 bridgehead atoms. The van der Waals surface area contributed by atoms with E-state index in [2.05, 4.69) is 25.9 Å². The number of carboxylic acids is 2. The van der Waals surface area contributed by atoms with Crippen LogP contribution in [0.4, 0.5) is 23.1 Å². The Morgan fingerprint density at radius 2 is 1.94 bits per heavy atom. The Bertz CT molecular complexity index is 1160. The first-order chi connectivity index (χ1) is 16.2. The van der Waals surface area contributed by atoms with E-state index in [1.165, 1.54) is 17.0 Å². The van der Waals surface area contributed by atoms with E-state index < -0.39 is 41.9 Å². The largest absolute Gasteiger partial charge is 2.00 e. The molecule has 0 saturated carbocycles. The van der Waals surface area contributed by atoms with Gasteiger partial charge in [-0.2, -0.15) is 4.98 Å². The first-order valence-electron chi connectivity index (χ1n) is 10.1. The predicted molar refractivity (Wildman–Crippen MR) is 121 cm³/mol. The van der Waals surface area contributed by atoms with Gasteiger partial charge in [0.05, 0.1) is 18.1 Å². The van der Waals surface area contributed by atoms with Crippen LogP contribution < -0.4 is 42.4 Å². The van der Waals surface area contributed by atoms with Crippen LogP contribution in [0.25, 0.3) is 0 Å². The average Bonchev–Trinajstić information content (AvgIpc) is 2.79. The van der Waals surface area contributed by atoms with Crippen molar-refractivity contribution in [1.82, 2.24) is 15.3 Å². The van der Waals surface area contributed by atoms with E-state index in [9.17, 15) is 34.2 Å². The van der Waals surface area contributed by atoms with E-state index in [4.69, 9.17) is 5.73 Å². The van der Waals surface area contributed by atoms with Crippen molar-refractivity contribution in [3.8, 4) is 0 Å². The van der Waals surface area contributed by atoms with Crippen molar-refractivity contribution in [2.75, 3.05) is 34.4 Å². The number of fused-ring (bicyclic) bond motifs is 1. The number of benzene rings is 1. The molecule has 0 spiro atoms. The van der Waals surface area contributed by atoms with E-state index in [0.717, 1.165) is 0 Å². The maximum absolute atomic E-state index is 12.3. The Balaban J connectivity index is 0.00000432. The maximum atomic E-state index is 12.3. The number of anilines is 4. The van der Waals surface area contributed by atoms with Crippen molar-refractivity contribution in [3.05, 3.63) is 40.2 Å². The Morgan fingerprint density at radius 3 is 2.54 bits per heavy atom. The van der Waals surface area contributed by atoms with E-state index in [1.54, 1.807) is 12.1 Å². The maximum Gasteiger partial charge on any atom is 2.00 e. The number of aliphatic carboxylic acids is 2. The fraction of sp³-hybridized carbons (Fsp3) is 0.300. The molecule has 0 saturated heterocycles. The minimum Gasteiger partial charge on any atom is -0.550 e. The zero-order valence-electron chi connectivity index (χ0n) is 18.4. The standard InChI is InChI=1S/C20H23N7O7.Ca/c21-20-25-16-15(18(32)26-20)27(9-28)12(8-23-16)7-22-11-3-1-10(2-4-11)17(31)24-13(19(33)34)5-6-14(29)30;/h1-4,9,12-13,22H,5-8H2,(H,24,31)(H,29,30)(H,33,34)(H4,21,23,25,26,32);/q;+2/p-2/t12?,13-;/m1./s1. The first-order valence-corrected chi connectivity index (χ1v) is 10.1. The average molecular weight is 512 g/mol. The number of carbonyl (C=O) groups is 4. The third-order valence-electron chi connectivity index (χ3n) is 5.10. The van der Waals surface area contributed by atoms with Crippen LogP contribution in [-0.2, 0) is 14.4 Å². The molecule has 3 rings (SSSR count). The second kappa shape index (κ2) is 12.4. The molecule has 1 unspecified atom stereocenters. The quantitative estimate of drug-likeness (QED) is 0.154. The molecule has 2 atom stereocenters. The number of carbonyl (C=O) groups excluding carboxylic acids is 4. The molecule has 1 aromatic carbocycles. The van der Waals surface area contributed by atoms with Crippen molar-refractivity contribution in [3.63, 3.8) is 0 Å². The van der Waals surface area contributed by atoms with E-state index in [-0.39, 0.29) is 73.7 Å². The Hall–Kier alpha value is -3.36. The van der Waals surface area contributed by atoms with Gasteiger partial charge in [-0.05, 0) is 37.1 Å². The van der Waals surface area contributed by atoms with Gasteiger partial charge in [-0.15, -0.1) is 0 Å².